The lowest BCUT2D eigenvalue weighted by Gasteiger charge is -2.19. The van der Waals surface area contributed by atoms with E-state index in [1.807, 2.05) is 6.92 Å². The highest BCUT2D eigenvalue weighted by Gasteiger charge is 2.14. The van der Waals surface area contributed by atoms with Crippen molar-refractivity contribution in [3.8, 4) is 11.3 Å². The van der Waals surface area contributed by atoms with E-state index in [0.29, 0.717) is 11.6 Å². The summed E-state index contributed by atoms with van der Waals surface area (Å²) in [5, 5.41) is 0. The molecule has 1 aliphatic rings. The Morgan fingerprint density at radius 3 is 2.53 bits per heavy atom. The average molecular weight is 426 g/mol. The van der Waals surface area contributed by atoms with Gasteiger partial charge < -0.3 is 5.73 Å². The lowest BCUT2D eigenvalue weighted by Crippen LogP contribution is -2.10. The molecule has 0 amide bonds. The van der Waals surface area contributed by atoms with Crippen molar-refractivity contribution in [3.63, 3.8) is 0 Å². The molecule has 0 bridgehead atoms. The van der Waals surface area contributed by atoms with Crippen molar-refractivity contribution in [2.45, 2.75) is 53.4 Å². The summed E-state index contributed by atoms with van der Waals surface area (Å²) in [6, 6.07) is 11.0. The third-order valence-corrected chi connectivity index (χ3v) is 6.24. The molecule has 3 heteroatoms. The zero-order valence-electron chi connectivity index (χ0n) is 19.9. The third-order valence-electron chi connectivity index (χ3n) is 6.24. The number of rotatable bonds is 7. The van der Waals surface area contributed by atoms with E-state index in [1.54, 1.807) is 0 Å². The number of hydrogen-bond donors (Lipinski definition) is 1. The molecule has 0 spiro atoms. The van der Waals surface area contributed by atoms with Gasteiger partial charge in [-0.3, -0.25) is 0 Å². The predicted octanol–water partition coefficient (Wildman–Crippen LogP) is 7.48. The van der Waals surface area contributed by atoms with Crippen LogP contribution in [0.25, 0.3) is 16.8 Å². The van der Waals surface area contributed by atoms with Gasteiger partial charge in [-0.25, -0.2) is 9.98 Å². The second-order valence-corrected chi connectivity index (χ2v) is 9.03. The summed E-state index contributed by atoms with van der Waals surface area (Å²) < 4.78 is 0. The van der Waals surface area contributed by atoms with Crippen molar-refractivity contribution in [2.24, 2.45) is 22.6 Å². The monoisotopic (exact) mass is 425 g/mol. The van der Waals surface area contributed by atoms with Gasteiger partial charge in [-0.2, -0.15) is 0 Å². The molecule has 2 atom stereocenters. The highest BCUT2D eigenvalue weighted by Crippen LogP contribution is 2.33. The van der Waals surface area contributed by atoms with Crippen molar-refractivity contribution < 1.29 is 0 Å². The van der Waals surface area contributed by atoms with E-state index in [9.17, 15) is 0 Å². The number of nitrogens with two attached hydrogens (primary N) is 1. The van der Waals surface area contributed by atoms with Crippen LogP contribution in [0, 0.1) is 25.7 Å². The lowest BCUT2D eigenvalue weighted by atomic mass is 9.86. The standard InChI is InChI=1S/C29H35N3/c1-7-8-24-9-11-25(12-10-24)26-13-15-27(16-14-26)28-20(3)17-21(4)29(32-28)31-22(5)18-19(2)23(6)30/h8,11,13-17,19,24H,1,6,9-10,12,18,30H2,2-5H3. The number of hydrogen-bond acceptors (Lipinski definition) is 3. The molecule has 0 fully saturated rings. The molecule has 1 aromatic carbocycles. The Balaban J connectivity index is 1.84. The molecule has 1 heterocycles. The van der Waals surface area contributed by atoms with Crippen LogP contribution in [0.15, 0.2) is 72.1 Å². The van der Waals surface area contributed by atoms with E-state index in [-0.39, 0.29) is 5.92 Å². The van der Waals surface area contributed by atoms with Crippen LogP contribution in [0.2, 0.25) is 0 Å². The molecule has 0 aliphatic heterocycles. The lowest BCUT2D eigenvalue weighted by molar-refractivity contribution is 0.592. The van der Waals surface area contributed by atoms with Gasteiger partial charge in [-0.15, -0.1) is 5.73 Å². The van der Waals surface area contributed by atoms with Crippen molar-refractivity contribution in [1.82, 2.24) is 4.98 Å². The van der Waals surface area contributed by atoms with Crippen molar-refractivity contribution in [1.29, 1.82) is 0 Å². The quantitative estimate of drug-likeness (QED) is 0.369. The number of aromatic nitrogens is 1. The first-order chi connectivity index (χ1) is 15.3. The maximum Gasteiger partial charge on any atom is 0.155 e. The molecule has 3 rings (SSSR count). The van der Waals surface area contributed by atoms with Crippen LogP contribution in [0.3, 0.4) is 0 Å². The number of aliphatic imine (C=N–C) groups is 1. The Kier molecular flexibility index (Phi) is 7.66. The van der Waals surface area contributed by atoms with Gasteiger partial charge in [0, 0.05) is 22.9 Å². The van der Waals surface area contributed by atoms with E-state index >= 15 is 0 Å². The molecule has 0 radical (unpaired) electrons. The number of aryl methyl sites for hydroxylation is 2. The minimum absolute atomic E-state index is 0.202. The Bertz CT molecular complexity index is 1100. The van der Waals surface area contributed by atoms with Gasteiger partial charge in [0.15, 0.2) is 5.82 Å². The van der Waals surface area contributed by atoms with Crippen LogP contribution in [0.4, 0.5) is 5.82 Å². The summed E-state index contributed by atoms with van der Waals surface area (Å²) in [6.45, 7) is 15.8. The van der Waals surface area contributed by atoms with Crippen LogP contribution < -0.4 is 5.73 Å². The first kappa shape index (κ1) is 23.5. The maximum absolute atomic E-state index is 5.84. The van der Waals surface area contributed by atoms with E-state index in [4.69, 9.17) is 15.7 Å². The van der Waals surface area contributed by atoms with Gasteiger partial charge >= 0.3 is 0 Å². The van der Waals surface area contributed by atoms with Gasteiger partial charge in [-0.05, 0) is 80.7 Å². The van der Waals surface area contributed by atoms with E-state index in [0.717, 1.165) is 59.6 Å². The minimum Gasteiger partial charge on any atom is -0.402 e. The maximum atomic E-state index is 5.84. The fraction of sp³-hybridized carbons (Fsp3) is 0.345. The largest absolute Gasteiger partial charge is 0.402 e. The average Bonchev–Trinajstić information content (AvgIpc) is 2.76. The first-order valence-electron chi connectivity index (χ1n) is 11.4. The summed E-state index contributed by atoms with van der Waals surface area (Å²) >= 11 is 0. The number of pyridine rings is 1. The molecular formula is C29H35N3. The summed E-state index contributed by atoms with van der Waals surface area (Å²) in [6.07, 6.45) is 8.55. The molecule has 0 saturated carbocycles. The van der Waals surface area contributed by atoms with Gasteiger partial charge in [0.1, 0.15) is 0 Å². The normalized spacial score (nSPS) is 17.3. The number of benzene rings is 1. The molecule has 32 heavy (non-hydrogen) atoms. The third kappa shape index (κ3) is 5.75. The topological polar surface area (TPSA) is 51.3 Å². The van der Waals surface area contributed by atoms with Gasteiger partial charge in [0.25, 0.3) is 0 Å². The second-order valence-electron chi connectivity index (χ2n) is 9.03. The summed E-state index contributed by atoms with van der Waals surface area (Å²) in [5.74, 6) is 1.55. The van der Waals surface area contributed by atoms with Crippen LogP contribution in [0.5, 0.6) is 0 Å². The Hall–Kier alpha value is -3.16. The Morgan fingerprint density at radius 1 is 1.25 bits per heavy atom. The zero-order valence-corrected chi connectivity index (χ0v) is 19.9. The Morgan fingerprint density at radius 2 is 1.94 bits per heavy atom. The van der Waals surface area contributed by atoms with E-state index in [2.05, 4.69) is 82.1 Å². The molecule has 1 aliphatic carbocycles. The number of allylic oxidation sites excluding steroid dienone is 4. The minimum atomic E-state index is 0.202. The predicted molar refractivity (Wildman–Crippen MR) is 138 cm³/mol. The summed E-state index contributed by atoms with van der Waals surface area (Å²) in [5.41, 5.74) is 17.5. The molecule has 166 valence electrons. The fourth-order valence-corrected chi connectivity index (χ4v) is 4.22. The van der Waals surface area contributed by atoms with Crippen LogP contribution in [-0.2, 0) is 0 Å². The van der Waals surface area contributed by atoms with Crippen molar-refractivity contribution in [2.75, 3.05) is 0 Å². The number of nitrogens with zero attached hydrogens (tertiary/aromatic N) is 2. The molecule has 2 unspecified atom stereocenters. The van der Waals surface area contributed by atoms with Crippen molar-refractivity contribution in [3.05, 3.63) is 83.8 Å². The van der Waals surface area contributed by atoms with Crippen LogP contribution in [-0.4, -0.2) is 10.7 Å². The molecule has 2 aromatic rings. The van der Waals surface area contributed by atoms with E-state index in [1.165, 1.54) is 11.1 Å². The van der Waals surface area contributed by atoms with Gasteiger partial charge in [-0.1, -0.05) is 56.5 Å². The fourth-order valence-electron chi connectivity index (χ4n) is 4.22. The van der Waals surface area contributed by atoms with Gasteiger partial charge in [0.05, 0.1) is 5.69 Å². The summed E-state index contributed by atoms with van der Waals surface area (Å²) in [4.78, 5) is 9.74. The van der Waals surface area contributed by atoms with Crippen molar-refractivity contribution >= 4 is 17.1 Å². The molecule has 0 saturated heterocycles. The smallest absolute Gasteiger partial charge is 0.155 e. The molecule has 3 nitrogen and oxygen atoms in total. The Labute approximate surface area is 193 Å². The highest BCUT2D eigenvalue weighted by molar-refractivity contribution is 5.85. The summed E-state index contributed by atoms with van der Waals surface area (Å²) in [7, 11) is 0. The molecular weight excluding hydrogens is 390 g/mol. The highest BCUT2D eigenvalue weighted by atomic mass is 14.9. The van der Waals surface area contributed by atoms with E-state index < -0.39 is 0 Å². The second kappa shape index (κ2) is 10.4. The molecule has 2 N–H and O–H groups in total. The van der Waals surface area contributed by atoms with Crippen LogP contribution in [0.1, 0.15) is 56.2 Å². The molecule has 1 aromatic heterocycles. The zero-order chi connectivity index (χ0) is 23.3. The van der Waals surface area contributed by atoms with Crippen LogP contribution >= 0.6 is 0 Å². The first-order valence-corrected chi connectivity index (χ1v) is 11.4. The SMILES string of the molecule is C=C=CC1CC=C(c2ccc(-c3nc(N=C(C)CC(C)C(=C)N)c(C)cc3C)cc2)CC1. The van der Waals surface area contributed by atoms with Gasteiger partial charge in [0.2, 0.25) is 0 Å².